The van der Waals surface area contributed by atoms with Gasteiger partial charge in [0.25, 0.3) is 0 Å². The Balaban J connectivity index is 2.06. The van der Waals surface area contributed by atoms with Crippen molar-refractivity contribution in [1.29, 1.82) is 0 Å². The van der Waals surface area contributed by atoms with Gasteiger partial charge in [-0.2, -0.15) is 0 Å². The third-order valence-electron chi connectivity index (χ3n) is 3.60. The molecule has 2 nitrogen and oxygen atoms in total. The van der Waals surface area contributed by atoms with Crippen molar-refractivity contribution in [3.8, 4) is 11.3 Å². The minimum atomic E-state index is 0.841. The van der Waals surface area contributed by atoms with Gasteiger partial charge < -0.3 is 0 Å². The first-order chi connectivity index (χ1) is 8.92. The molecule has 0 bridgehead atoms. The quantitative estimate of drug-likeness (QED) is 0.593. The molecule has 2 aromatic heterocycles. The van der Waals surface area contributed by atoms with Crippen LogP contribution in [-0.2, 0) is 12.8 Å². The van der Waals surface area contributed by atoms with Crippen LogP contribution in [0.4, 0.5) is 0 Å². The van der Waals surface area contributed by atoms with Crippen LogP contribution in [0.3, 0.4) is 0 Å². The number of nitrogens with zero attached hydrogens (tertiary/aromatic N) is 2. The number of rotatable bonds is 0. The van der Waals surface area contributed by atoms with Crippen LogP contribution in [0, 0.1) is 0 Å². The minimum Gasteiger partial charge on any atom is -0.237 e. The van der Waals surface area contributed by atoms with E-state index >= 15 is 0 Å². The standard InChI is InChI=1S/C16H12N2/c1-2-6-14-11(4-1)7-8-12-10-13-5-3-9-17-16(13)18-15(12)14/h1-6,9-10H,7-8H2. The van der Waals surface area contributed by atoms with Crippen molar-refractivity contribution in [2.75, 3.05) is 0 Å². The highest BCUT2D eigenvalue weighted by Crippen LogP contribution is 2.33. The summed E-state index contributed by atoms with van der Waals surface area (Å²) in [7, 11) is 0. The van der Waals surface area contributed by atoms with Gasteiger partial charge in [-0.3, -0.25) is 0 Å². The van der Waals surface area contributed by atoms with E-state index in [9.17, 15) is 0 Å². The van der Waals surface area contributed by atoms with E-state index in [0.29, 0.717) is 0 Å². The molecule has 0 radical (unpaired) electrons. The number of hydrogen-bond donors (Lipinski definition) is 0. The monoisotopic (exact) mass is 232 g/mol. The van der Waals surface area contributed by atoms with Gasteiger partial charge in [0, 0.05) is 17.1 Å². The lowest BCUT2D eigenvalue weighted by Gasteiger charge is -2.18. The van der Waals surface area contributed by atoms with Gasteiger partial charge in [-0.1, -0.05) is 24.3 Å². The average molecular weight is 232 g/mol. The van der Waals surface area contributed by atoms with Gasteiger partial charge in [0.2, 0.25) is 0 Å². The minimum absolute atomic E-state index is 0.841. The van der Waals surface area contributed by atoms with Crippen molar-refractivity contribution >= 4 is 11.0 Å². The molecule has 4 rings (SSSR count). The Labute approximate surface area is 105 Å². The van der Waals surface area contributed by atoms with Crippen LogP contribution in [0.25, 0.3) is 22.3 Å². The lowest BCUT2D eigenvalue weighted by Crippen LogP contribution is -2.06. The number of hydrogen-bond acceptors (Lipinski definition) is 2. The lowest BCUT2D eigenvalue weighted by molar-refractivity contribution is 0.931. The van der Waals surface area contributed by atoms with Gasteiger partial charge in [-0.25, -0.2) is 9.97 Å². The molecule has 0 fully saturated rings. The Hall–Kier alpha value is -2.22. The third-order valence-corrected chi connectivity index (χ3v) is 3.60. The lowest BCUT2D eigenvalue weighted by atomic mass is 9.89. The Morgan fingerprint density at radius 1 is 0.889 bits per heavy atom. The number of aromatic nitrogens is 2. The van der Waals surface area contributed by atoms with Crippen LogP contribution in [0.2, 0.25) is 0 Å². The van der Waals surface area contributed by atoms with E-state index in [2.05, 4.69) is 41.4 Å². The summed E-state index contributed by atoms with van der Waals surface area (Å²) < 4.78 is 0. The molecule has 1 aliphatic rings. The normalized spacial score (nSPS) is 13.1. The summed E-state index contributed by atoms with van der Waals surface area (Å²) >= 11 is 0. The Kier molecular flexibility index (Phi) is 1.97. The largest absolute Gasteiger partial charge is 0.237 e. The molecular formula is C16H12N2. The molecule has 1 aromatic carbocycles. The molecule has 0 aliphatic heterocycles. The number of benzene rings is 1. The molecular weight excluding hydrogens is 220 g/mol. The zero-order valence-corrected chi connectivity index (χ0v) is 9.93. The van der Waals surface area contributed by atoms with E-state index in [1.54, 1.807) is 6.20 Å². The maximum absolute atomic E-state index is 4.75. The van der Waals surface area contributed by atoms with Crippen molar-refractivity contribution < 1.29 is 0 Å². The second kappa shape index (κ2) is 3.64. The van der Waals surface area contributed by atoms with Crippen LogP contribution < -0.4 is 0 Å². The van der Waals surface area contributed by atoms with Gasteiger partial charge >= 0.3 is 0 Å². The third kappa shape index (κ3) is 1.35. The highest BCUT2D eigenvalue weighted by atomic mass is 14.8. The summed E-state index contributed by atoms with van der Waals surface area (Å²) in [5.74, 6) is 0. The van der Waals surface area contributed by atoms with Gasteiger partial charge in [0.15, 0.2) is 5.65 Å². The van der Waals surface area contributed by atoms with Gasteiger partial charge in [0.05, 0.1) is 5.69 Å². The number of aryl methyl sites for hydroxylation is 2. The number of fused-ring (bicyclic) bond motifs is 4. The zero-order chi connectivity index (χ0) is 11.9. The fraction of sp³-hybridized carbons (Fsp3) is 0.125. The first kappa shape index (κ1) is 9.77. The highest BCUT2D eigenvalue weighted by Gasteiger charge is 2.17. The van der Waals surface area contributed by atoms with E-state index in [-0.39, 0.29) is 0 Å². The molecule has 2 heteroatoms. The molecule has 0 atom stereocenters. The molecule has 0 saturated heterocycles. The molecule has 0 amide bonds. The smallest absolute Gasteiger partial charge is 0.159 e. The molecule has 86 valence electrons. The fourth-order valence-corrected chi connectivity index (χ4v) is 2.71. The maximum Gasteiger partial charge on any atom is 0.159 e. The summed E-state index contributed by atoms with van der Waals surface area (Å²) in [6.07, 6.45) is 3.98. The van der Waals surface area contributed by atoms with Crippen molar-refractivity contribution in [2.24, 2.45) is 0 Å². The van der Waals surface area contributed by atoms with Crippen molar-refractivity contribution in [3.63, 3.8) is 0 Å². The molecule has 2 heterocycles. The summed E-state index contributed by atoms with van der Waals surface area (Å²) in [4.78, 5) is 9.10. The van der Waals surface area contributed by atoms with Gasteiger partial charge in [0.1, 0.15) is 0 Å². The highest BCUT2D eigenvalue weighted by molar-refractivity contribution is 5.82. The Morgan fingerprint density at radius 2 is 1.78 bits per heavy atom. The van der Waals surface area contributed by atoms with E-state index in [1.165, 1.54) is 16.7 Å². The maximum atomic E-state index is 4.75. The first-order valence-electron chi connectivity index (χ1n) is 6.25. The molecule has 18 heavy (non-hydrogen) atoms. The molecule has 0 unspecified atom stereocenters. The summed E-state index contributed by atoms with van der Waals surface area (Å²) in [6.45, 7) is 0. The molecule has 0 saturated carbocycles. The van der Waals surface area contributed by atoms with Crippen LogP contribution in [0.15, 0.2) is 48.7 Å². The van der Waals surface area contributed by atoms with E-state index in [1.807, 2.05) is 6.07 Å². The second-order valence-corrected chi connectivity index (χ2v) is 4.70. The van der Waals surface area contributed by atoms with Crippen LogP contribution in [-0.4, -0.2) is 9.97 Å². The van der Waals surface area contributed by atoms with E-state index in [0.717, 1.165) is 29.6 Å². The predicted molar refractivity (Wildman–Crippen MR) is 72.4 cm³/mol. The Bertz CT molecular complexity index is 747. The van der Waals surface area contributed by atoms with Crippen LogP contribution in [0.5, 0.6) is 0 Å². The molecule has 0 spiro atoms. The second-order valence-electron chi connectivity index (χ2n) is 4.70. The van der Waals surface area contributed by atoms with E-state index < -0.39 is 0 Å². The number of pyridine rings is 2. The molecule has 3 aromatic rings. The van der Waals surface area contributed by atoms with Gasteiger partial charge in [-0.15, -0.1) is 0 Å². The fourth-order valence-electron chi connectivity index (χ4n) is 2.71. The first-order valence-corrected chi connectivity index (χ1v) is 6.25. The predicted octanol–water partition coefficient (Wildman–Crippen LogP) is 3.40. The summed E-state index contributed by atoms with van der Waals surface area (Å²) in [5, 5.41) is 1.13. The van der Waals surface area contributed by atoms with Crippen molar-refractivity contribution in [3.05, 3.63) is 59.8 Å². The van der Waals surface area contributed by atoms with Crippen LogP contribution >= 0.6 is 0 Å². The van der Waals surface area contributed by atoms with Crippen molar-refractivity contribution in [1.82, 2.24) is 9.97 Å². The summed E-state index contributed by atoms with van der Waals surface area (Å²) in [6, 6.07) is 14.8. The molecule has 1 aliphatic carbocycles. The van der Waals surface area contributed by atoms with E-state index in [4.69, 9.17) is 4.98 Å². The van der Waals surface area contributed by atoms with Crippen LogP contribution in [0.1, 0.15) is 11.1 Å². The average Bonchev–Trinajstić information content (AvgIpc) is 2.45. The SMILES string of the molecule is c1ccc2c(c1)CCc1cc3cccnc3nc1-2. The Morgan fingerprint density at radius 3 is 2.78 bits per heavy atom. The summed E-state index contributed by atoms with van der Waals surface area (Å²) in [5.41, 5.74) is 5.96. The van der Waals surface area contributed by atoms with Gasteiger partial charge in [-0.05, 0) is 42.2 Å². The zero-order valence-electron chi connectivity index (χ0n) is 9.93. The van der Waals surface area contributed by atoms with Crippen molar-refractivity contribution in [2.45, 2.75) is 12.8 Å². The topological polar surface area (TPSA) is 25.8 Å². The molecule has 0 N–H and O–H groups in total.